The number of carbonyl (C=O) groups is 1. The Labute approximate surface area is 147 Å². The van der Waals surface area contributed by atoms with Crippen LogP contribution in [-0.4, -0.2) is 20.9 Å². The molecule has 0 saturated carbocycles. The van der Waals surface area contributed by atoms with Crippen molar-refractivity contribution in [3.63, 3.8) is 0 Å². The van der Waals surface area contributed by atoms with Crippen LogP contribution in [-0.2, 0) is 14.8 Å². The van der Waals surface area contributed by atoms with Gasteiger partial charge in [0, 0.05) is 5.02 Å². The third-order valence-electron chi connectivity index (χ3n) is 2.70. The number of ether oxygens (including phenoxy) is 1. The van der Waals surface area contributed by atoms with Gasteiger partial charge in [-0.25, -0.2) is 12.8 Å². The van der Waals surface area contributed by atoms with Crippen molar-refractivity contribution in [2.24, 2.45) is 0 Å². The van der Waals surface area contributed by atoms with Crippen LogP contribution in [0.15, 0.2) is 47.4 Å². The summed E-state index contributed by atoms with van der Waals surface area (Å²) in [5.74, 6) is -1.58. The molecule has 0 unspecified atom stereocenters. The number of hydrogen-bond acceptors (Lipinski definition) is 4. The van der Waals surface area contributed by atoms with E-state index in [4.69, 9.17) is 27.9 Å². The molecule has 0 saturated heterocycles. The zero-order valence-corrected chi connectivity index (χ0v) is 14.3. The fourth-order valence-corrected chi connectivity index (χ4v) is 2.88. The Morgan fingerprint density at radius 1 is 1.17 bits per heavy atom. The van der Waals surface area contributed by atoms with E-state index in [1.54, 1.807) is 29.1 Å². The minimum absolute atomic E-state index is 0.0450. The zero-order chi connectivity index (χ0) is 17.7. The second-order valence-corrected chi connectivity index (χ2v) is 6.94. The first-order chi connectivity index (χ1) is 11.3. The van der Waals surface area contributed by atoms with E-state index >= 15 is 0 Å². The molecule has 2 aromatic rings. The molecule has 24 heavy (non-hydrogen) atoms. The number of nitrogens with one attached hydrogen (secondary N) is 2. The van der Waals surface area contributed by atoms with Gasteiger partial charge in [0.25, 0.3) is 15.9 Å². The lowest BCUT2D eigenvalue weighted by Crippen LogP contribution is -2.43. The van der Waals surface area contributed by atoms with Gasteiger partial charge in [-0.3, -0.25) is 10.2 Å². The van der Waals surface area contributed by atoms with Gasteiger partial charge in [-0.2, -0.15) is 0 Å². The monoisotopic (exact) mass is 392 g/mol. The highest BCUT2D eigenvalue weighted by molar-refractivity contribution is 7.89. The van der Waals surface area contributed by atoms with Crippen LogP contribution in [0, 0.1) is 5.82 Å². The molecule has 2 rings (SSSR count). The maximum absolute atomic E-state index is 13.6. The standard InChI is InChI=1S/C14H11Cl2FN2O4S/c15-9-5-6-13(11(17)7-9)24(21,22)19-18-14(20)8-23-12-4-2-1-3-10(12)16/h1-7,19H,8H2,(H,18,20). The molecule has 0 radical (unpaired) electrons. The van der Waals surface area contributed by atoms with Crippen molar-refractivity contribution in [2.45, 2.75) is 4.90 Å². The second-order valence-electron chi connectivity index (χ2n) is 4.45. The summed E-state index contributed by atoms with van der Waals surface area (Å²) in [6, 6.07) is 9.49. The van der Waals surface area contributed by atoms with Crippen molar-refractivity contribution in [3.8, 4) is 5.75 Å². The highest BCUT2D eigenvalue weighted by atomic mass is 35.5. The summed E-state index contributed by atoms with van der Waals surface area (Å²) < 4.78 is 42.6. The van der Waals surface area contributed by atoms with E-state index in [2.05, 4.69) is 0 Å². The van der Waals surface area contributed by atoms with Gasteiger partial charge in [0.2, 0.25) is 0 Å². The molecule has 10 heteroatoms. The Kier molecular flexibility index (Phi) is 6.00. The molecule has 0 bridgehead atoms. The van der Waals surface area contributed by atoms with E-state index in [9.17, 15) is 17.6 Å². The highest BCUT2D eigenvalue weighted by Gasteiger charge is 2.20. The molecule has 128 valence electrons. The first-order valence-corrected chi connectivity index (χ1v) is 8.66. The predicted octanol–water partition coefficient (Wildman–Crippen LogP) is 2.52. The highest BCUT2D eigenvalue weighted by Crippen LogP contribution is 2.22. The van der Waals surface area contributed by atoms with Crippen LogP contribution in [0.1, 0.15) is 0 Å². The van der Waals surface area contributed by atoms with Crippen LogP contribution in [0.5, 0.6) is 5.75 Å². The molecule has 0 heterocycles. The summed E-state index contributed by atoms with van der Waals surface area (Å²) in [6.07, 6.45) is 0. The third-order valence-corrected chi connectivity index (χ3v) is 4.53. The van der Waals surface area contributed by atoms with Crippen molar-refractivity contribution in [3.05, 3.63) is 58.3 Å². The second kappa shape index (κ2) is 7.80. The smallest absolute Gasteiger partial charge is 0.272 e. The topological polar surface area (TPSA) is 84.5 Å². The summed E-state index contributed by atoms with van der Waals surface area (Å²) in [5.41, 5.74) is 1.91. The Balaban J connectivity index is 1.94. The van der Waals surface area contributed by atoms with Gasteiger partial charge in [0.15, 0.2) is 6.61 Å². The summed E-state index contributed by atoms with van der Waals surface area (Å²) in [4.78, 5) is 12.7. The maximum Gasteiger partial charge on any atom is 0.272 e. The lowest BCUT2D eigenvalue weighted by molar-refractivity contribution is -0.123. The van der Waals surface area contributed by atoms with Gasteiger partial charge in [-0.1, -0.05) is 35.3 Å². The van der Waals surface area contributed by atoms with E-state index < -0.39 is 33.3 Å². The number of hydrogen-bond donors (Lipinski definition) is 2. The van der Waals surface area contributed by atoms with Crippen molar-refractivity contribution >= 4 is 39.1 Å². The minimum atomic E-state index is -4.29. The van der Waals surface area contributed by atoms with Gasteiger partial charge in [0.05, 0.1) is 5.02 Å². The third kappa shape index (κ3) is 4.81. The normalized spacial score (nSPS) is 11.1. The van der Waals surface area contributed by atoms with Crippen molar-refractivity contribution < 1.29 is 22.3 Å². The Morgan fingerprint density at radius 3 is 2.54 bits per heavy atom. The van der Waals surface area contributed by atoms with Gasteiger partial charge in [-0.15, -0.1) is 4.83 Å². The van der Waals surface area contributed by atoms with E-state index in [1.807, 2.05) is 5.43 Å². The fraction of sp³-hybridized carbons (Fsp3) is 0.0714. The van der Waals surface area contributed by atoms with Crippen LogP contribution in [0.25, 0.3) is 0 Å². The van der Waals surface area contributed by atoms with Crippen LogP contribution in [0.3, 0.4) is 0 Å². The van der Waals surface area contributed by atoms with Crippen molar-refractivity contribution in [1.82, 2.24) is 10.3 Å². The summed E-state index contributed by atoms with van der Waals surface area (Å²) >= 11 is 11.4. The lowest BCUT2D eigenvalue weighted by Gasteiger charge is -2.10. The Bertz CT molecular complexity index is 862. The Hall–Kier alpha value is -1.87. The number of benzene rings is 2. The number of halogens is 3. The molecule has 0 aliphatic carbocycles. The fourth-order valence-electron chi connectivity index (χ4n) is 1.61. The largest absolute Gasteiger partial charge is 0.482 e. The van der Waals surface area contributed by atoms with Gasteiger partial charge >= 0.3 is 0 Å². The zero-order valence-electron chi connectivity index (χ0n) is 11.9. The lowest BCUT2D eigenvalue weighted by atomic mass is 10.3. The first-order valence-electron chi connectivity index (χ1n) is 6.42. The quantitative estimate of drug-likeness (QED) is 0.739. The molecule has 0 fully saturated rings. The van der Waals surface area contributed by atoms with Gasteiger partial charge in [-0.05, 0) is 30.3 Å². The predicted molar refractivity (Wildman–Crippen MR) is 86.8 cm³/mol. The molecule has 6 nitrogen and oxygen atoms in total. The van der Waals surface area contributed by atoms with E-state index in [-0.39, 0.29) is 10.8 Å². The Morgan fingerprint density at radius 2 is 1.88 bits per heavy atom. The number of para-hydroxylation sites is 1. The molecule has 2 N–H and O–H groups in total. The van der Waals surface area contributed by atoms with E-state index in [1.165, 1.54) is 6.07 Å². The molecule has 0 spiro atoms. The van der Waals surface area contributed by atoms with E-state index in [0.29, 0.717) is 5.02 Å². The van der Waals surface area contributed by atoms with E-state index in [0.717, 1.165) is 12.1 Å². The molecule has 2 aromatic carbocycles. The molecule has 0 aromatic heterocycles. The number of carbonyl (C=O) groups excluding carboxylic acids is 1. The maximum atomic E-state index is 13.6. The molecule has 0 aliphatic heterocycles. The van der Waals surface area contributed by atoms with Crippen LogP contribution >= 0.6 is 23.2 Å². The molecule has 0 aliphatic rings. The number of amides is 1. The van der Waals surface area contributed by atoms with Gasteiger partial charge in [0.1, 0.15) is 16.5 Å². The summed E-state index contributed by atoms with van der Waals surface area (Å²) in [6.45, 7) is -0.491. The average Bonchev–Trinajstić information content (AvgIpc) is 2.52. The molecular formula is C14H11Cl2FN2O4S. The SMILES string of the molecule is O=C(COc1ccccc1Cl)NNS(=O)(=O)c1ccc(Cl)cc1F. The minimum Gasteiger partial charge on any atom is -0.482 e. The van der Waals surface area contributed by atoms with Crippen LogP contribution < -0.4 is 15.0 Å². The van der Waals surface area contributed by atoms with Crippen molar-refractivity contribution in [1.29, 1.82) is 0 Å². The molecule has 0 atom stereocenters. The summed E-state index contributed by atoms with van der Waals surface area (Å²) in [5, 5.41) is 0.345. The van der Waals surface area contributed by atoms with Crippen molar-refractivity contribution in [2.75, 3.05) is 6.61 Å². The number of hydrazine groups is 1. The van der Waals surface area contributed by atoms with Crippen LogP contribution in [0.4, 0.5) is 4.39 Å². The number of rotatable bonds is 6. The summed E-state index contributed by atoms with van der Waals surface area (Å²) in [7, 11) is -4.29. The van der Waals surface area contributed by atoms with Crippen LogP contribution in [0.2, 0.25) is 10.0 Å². The first kappa shape index (κ1) is 18.5. The molecular weight excluding hydrogens is 382 g/mol. The average molecular weight is 393 g/mol. The van der Waals surface area contributed by atoms with Gasteiger partial charge < -0.3 is 4.74 Å². The molecule has 1 amide bonds. The number of sulfonamides is 1.